The Labute approximate surface area is 110 Å². The predicted octanol–water partition coefficient (Wildman–Crippen LogP) is 1.99. The normalized spacial score (nSPS) is 21.2. The topological polar surface area (TPSA) is 47.1 Å². The van der Waals surface area contributed by atoms with Crippen molar-refractivity contribution in [3.05, 3.63) is 17.7 Å². The summed E-state index contributed by atoms with van der Waals surface area (Å²) in [4.78, 5) is 6.72. The smallest absolute Gasteiger partial charge is 0.105 e. The molecule has 0 saturated heterocycles. The number of aromatic nitrogens is 2. The van der Waals surface area contributed by atoms with E-state index in [1.54, 1.807) is 0 Å². The average molecular weight is 250 g/mol. The van der Waals surface area contributed by atoms with Crippen molar-refractivity contribution in [1.82, 2.24) is 14.5 Å². The second-order valence-electron chi connectivity index (χ2n) is 5.83. The summed E-state index contributed by atoms with van der Waals surface area (Å²) in [5.41, 5.74) is 7.87. The highest BCUT2D eigenvalue weighted by molar-refractivity contribution is 5.16. The molecule has 1 saturated carbocycles. The van der Waals surface area contributed by atoms with Crippen LogP contribution in [0.2, 0.25) is 0 Å². The second-order valence-corrected chi connectivity index (χ2v) is 5.83. The van der Waals surface area contributed by atoms with Gasteiger partial charge in [0.1, 0.15) is 5.82 Å². The van der Waals surface area contributed by atoms with E-state index in [0.717, 1.165) is 11.5 Å². The molecule has 2 N–H and O–H groups in total. The van der Waals surface area contributed by atoms with Crippen LogP contribution >= 0.6 is 0 Å². The van der Waals surface area contributed by atoms with Crippen LogP contribution in [0, 0.1) is 6.92 Å². The van der Waals surface area contributed by atoms with Gasteiger partial charge in [0.2, 0.25) is 0 Å². The number of nitrogens with two attached hydrogens (primary N) is 1. The average Bonchev–Trinajstić information content (AvgIpc) is 2.70. The molecule has 1 aromatic heterocycles. The molecule has 0 bridgehead atoms. The van der Waals surface area contributed by atoms with Gasteiger partial charge in [-0.2, -0.15) is 0 Å². The van der Waals surface area contributed by atoms with Gasteiger partial charge in [-0.15, -0.1) is 0 Å². The van der Waals surface area contributed by atoms with Gasteiger partial charge in [-0.25, -0.2) is 4.98 Å². The molecule has 102 valence electrons. The van der Waals surface area contributed by atoms with Gasteiger partial charge in [0.05, 0.1) is 17.9 Å². The Morgan fingerprint density at radius 2 is 1.94 bits per heavy atom. The molecular formula is C14H26N4. The van der Waals surface area contributed by atoms with Crippen LogP contribution < -0.4 is 5.73 Å². The van der Waals surface area contributed by atoms with Crippen molar-refractivity contribution in [1.29, 1.82) is 0 Å². The fourth-order valence-corrected chi connectivity index (χ4v) is 3.28. The Kier molecular flexibility index (Phi) is 3.78. The lowest BCUT2D eigenvalue weighted by molar-refractivity contribution is 0.0689. The molecule has 2 rings (SSSR count). The summed E-state index contributed by atoms with van der Waals surface area (Å²) in [6, 6.07) is 0.0407. The summed E-state index contributed by atoms with van der Waals surface area (Å²) in [5.74, 6) is 1.03. The third kappa shape index (κ3) is 2.08. The van der Waals surface area contributed by atoms with Crippen molar-refractivity contribution in [3.63, 3.8) is 0 Å². The first-order valence-corrected chi connectivity index (χ1v) is 6.90. The summed E-state index contributed by atoms with van der Waals surface area (Å²) in [6.07, 6.45) is 8.22. The van der Waals surface area contributed by atoms with Crippen LogP contribution in [0.1, 0.15) is 49.7 Å². The molecule has 0 radical (unpaired) electrons. The number of nitrogens with zero attached hydrogens (tertiary/aromatic N) is 3. The number of hydrogen-bond acceptors (Lipinski definition) is 3. The van der Waals surface area contributed by atoms with Gasteiger partial charge in [0, 0.05) is 12.6 Å². The van der Waals surface area contributed by atoms with E-state index in [0.29, 0.717) is 0 Å². The van der Waals surface area contributed by atoms with Crippen LogP contribution in [-0.4, -0.2) is 34.1 Å². The maximum atomic E-state index is 6.62. The Balaban J connectivity index is 2.34. The standard InChI is InChI=1S/C14H26N4/c1-11-16-10-12(18(11)4)13(15)14(17(2)3)8-6-5-7-9-14/h10,13H,5-9,15H2,1-4H3. The van der Waals surface area contributed by atoms with Gasteiger partial charge in [-0.05, 0) is 33.9 Å². The Morgan fingerprint density at radius 1 is 1.33 bits per heavy atom. The lowest BCUT2D eigenvalue weighted by atomic mass is 9.74. The SMILES string of the molecule is Cc1ncc(C(N)C2(N(C)C)CCCCC2)n1C. The van der Waals surface area contributed by atoms with E-state index in [1.807, 2.05) is 13.1 Å². The van der Waals surface area contributed by atoms with Gasteiger partial charge in [0.25, 0.3) is 0 Å². The molecule has 1 heterocycles. The maximum absolute atomic E-state index is 6.62. The fraction of sp³-hybridized carbons (Fsp3) is 0.786. The molecular weight excluding hydrogens is 224 g/mol. The minimum absolute atomic E-state index is 0.0407. The van der Waals surface area contributed by atoms with E-state index >= 15 is 0 Å². The van der Waals surface area contributed by atoms with E-state index < -0.39 is 0 Å². The molecule has 18 heavy (non-hydrogen) atoms. The molecule has 1 aromatic rings. The second kappa shape index (κ2) is 5.02. The highest BCUT2D eigenvalue weighted by Gasteiger charge is 2.41. The van der Waals surface area contributed by atoms with Gasteiger partial charge in [-0.3, -0.25) is 0 Å². The fourth-order valence-electron chi connectivity index (χ4n) is 3.28. The van der Waals surface area contributed by atoms with E-state index in [2.05, 4.69) is 35.6 Å². The lowest BCUT2D eigenvalue weighted by Gasteiger charge is -2.47. The molecule has 0 amide bonds. The van der Waals surface area contributed by atoms with Gasteiger partial charge in [-0.1, -0.05) is 19.3 Å². The number of likely N-dealkylation sites (N-methyl/N-ethyl adjacent to an activating group) is 1. The molecule has 1 atom stereocenters. The molecule has 0 spiro atoms. The number of imidazole rings is 1. The summed E-state index contributed by atoms with van der Waals surface area (Å²) in [7, 11) is 6.38. The summed E-state index contributed by atoms with van der Waals surface area (Å²) >= 11 is 0. The first-order valence-electron chi connectivity index (χ1n) is 6.90. The van der Waals surface area contributed by atoms with Gasteiger partial charge in [0.15, 0.2) is 0 Å². The van der Waals surface area contributed by atoms with Crippen LogP contribution in [0.4, 0.5) is 0 Å². The van der Waals surface area contributed by atoms with E-state index in [1.165, 1.54) is 32.1 Å². The molecule has 1 fully saturated rings. The number of hydrogen-bond donors (Lipinski definition) is 1. The number of aryl methyl sites for hydroxylation is 1. The predicted molar refractivity (Wildman–Crippen MR) is 74.4 cm³/mol. The molecule has 1 unspecified atom stereocenters. The monoisotopic (exact) mass is 250 g/mol. The molecule has 4 heteroatoms. The Hall–Kier alpha value is -0.870. The first-order chi connectivity index (χ1) is 8.49. The largest absolute Gasteiger partial charge is 0.334 e. The van der Waals surface area contributed by atoms with Crippen molar-refractivity contribution < 1.29 is 0 Å². The molecule has 1 aliphatic rings. The van der Waals surface area contributed by atoms with Crippen molar-refractivity contribution in [3.8, 4) is 0 Å². The first kappa shape index (κ1) is 13.6. The number of rotatable bonds is 3. The zero-order valence-electron chi connectivity index (χ0n) is 12.1. The van der Waals surface area contributed by atoms with Crippen molar-refractivity contribution in [2.75, 3.05) is 14.1 Å². The Morgan fingerprint density at radius 3 is 2.39 bits per heavy atom. The quantitative estimate of drug-likeness (QED) is 0.892. The van der Waals surface area contributed by atoms with Crippen molar-refractivity contribution in [2.45, 2.75) is 50.6 Å². The van der Waals surface area contributed by atoms with E-state index in [-0.39, 0.29) is 11.6 Å². The highest BCUT2D eigenvalue weighted by Crippen LogP contribution is 2.40. The van der Waals surface area contributed by atoms with Crippen molar-refractivity contribution >= 4 is 0 Å². The third-order valence-corrected chi connectivity index (χ3v) is 4.76. The molecule has 0 aliphatic heterocycles. The van der Waals surface area contributed by atoms with E-state index in [9.17, 15) is 0 Å². The summed E-state index contributed by atoms with van der Waals surface area (Å²) in [5, 5.41) is 0. The van der Waals surface area contributed by atoms with Crippen LogP contribution in [0.25, 0.3) is 0 Å². The van der Waals surface area contributed by atoms with Gasteiger partial charge < -0.3 is 15.2 Å². The van der Waals surface area contributed by atoms with Gasteiger partial charge >= 0.3 is 0 Å². The highest BCUT2D eigenvalue weighted by atomic mass is 15.2. The Bertz CT molecular complexity index is 402. The lowest BCUT2D eigenvalue weighted by Crippen LogP contribution is -2.53. The summed E-state index contributed by atoms with van der Waals surface area (Å²) in [6.45, 7) is 2.03. The van der Waals surface area contributed by atoms with Crippen LogP contribution in [0.3, 0.4) is 0 Å². The minimum Gasteiger partial charge on any atom is -0.334 e. The molecule has 4 nitrogen and oxygen atoms in total. The molecule has 0 aromatic carbocycles. The summed E-state index contributed by atoms with van der Waals surface area (Å²) < 4.78 is 2.13. The van der Waals surface area contributed by atoms with E-state index in [4.69, 9.17) is 5.73 Å². The minimum atomic E-state index is 0.0407. The van der Waals surface area contributed by atoms with Crippen LogP contribution in [-0.2, 0) is 7.05 Å². The third-order valence-electron chi connectivity index (χ3n) is 4.76. The zero-order valence-corrected chi connectivity index (χ0v) is 12.1. The van der Waals surface area contributed by atoms with Crippen LogP contribution in [0.15, 0.2) is 6.20 Å². The van der Waals surface area contributed by atoms with Crippen molar-refractivity contribution in [2.24, 2.45) is 12.8 Å². The molecule has 1 aliphatic carbocycles. The maximum Gasteiger partial charge on any atom is 0.105 e. The van der Waals surface area contributed by atoms with Crippen LogP contribution in [0.5, 0.6) is 0 Å². The zero-order chi connectivity index (χ0) is 13.3.